The first-order valence-electron chi connectivity index (χ1n) is 12.4. The lowest BCUT2D eigenvalue weighted by atomic mass is 10.1. The summed E-state index contributed by atoms with van der Waals surface area (Å²) in [6.07, 6.45) is 2.21. The minimum absolute atomic E-state index is 0.0713. The Kier molecular flexibility index (Phi) is 7.73. The number of aryl methyl sites for hydroxylation is 1. The number of hydrazone groups is 1. The molecule has 0 saturated carbocycles. The molecular formula is C27H30ClFN8O. The average molecular weight is 537 g/mol. The van der Waals surface area contributed by atoms with Gasteiger partial charge < -0.3 is 20.6 Å². The van der Waals surface area contributed by atoms with Crippen LogP contribution in [0.15, 0.2) is 59.7 Å². The van der Waals surface area contributed by atoms with Crippen LogP contribution >= 0.6 is 11.6 Å². The number of piperidine rings is 1. The summed E-state index contributed by atoms with van der Waals surface area (Å²) in [7, 11) is 2.02. The summed E-state index contributed by atoms with van der Waals surface area (Å²) in [6.45, 7) is 2.51. The number of pyridine rings is 1. The van der Waals surface area contributed by atoms with E-state index >= 15 is 0 Å². The van der Waals surface area contributed by atoms with Gasteiger partial charge in [0.05, 0.1) is 17.6 Å². The summed E-state index contributed by atoms with van der Waals surface area (Å²) in [4.78, 5) is 11.8. The van der Waals surface area contributed by atoms with Crippen molar-refractivity contribution >= 4 is 28.5 Å². The largest absolute Gasteiger partial charge is 0.474 e. The Hall–Kier alpha value is -3.73. The fourth-order valence-electron chi connectivity index (χ4n) is 4.77. The van der Waals surface area contributed by atoms with Crippen molar-refractivity contribution in [2.24, 2.45) is 23.8 Å². The third-order valence-corrected chi connectivity index (χ3v) is 7.10. The quantitative estimate of drug-likeness (QED) is 0.143. The Morgan fingerprint density at radius 3 is 2.71 bits per heavy atom. The monoisotopic (exact) mass is 536 g/mol. The van der Waals surface area contributed by atoms with Gasteiger partial charge in [-0.05, 0) is 54.8 Å². The minimum Gasteiger partial charge on any atom is -0.474 e. The van der Waals surface area contributed by atoms with E-state index in [4.69, 9.17) is 33.0 Å². The molecule has 5 N–H and O–H groups in total. The van der Waals surface area contributed by atoms with Crippen molar-refractivity contribution in [2.45, 2.75) is 31.9 Å². The lowest BCUT2D eigenvalue weighted by Gasteiger charge is -2.31. The Morgan fingerprint density at radius 2 is 1.97 bits per heavy atom. The summed E-state index contributed by atoms with van der Waals surface area (Å²) in [6, 6.07) is 16.1. The van der Waals surface area contributed by atoms with Crippen LogP contribution in [-0.2, 0) is 20.0 Å². The highest BCUT2D eigenvalue weighted by Gasteiger charge is 2.23. The molecule has 38 heavy (non-hydrogen) atoms. The number of ether oxygens (including phenoxy) is 1. The van der Waals surface area contributed by atoms with Crippen LogP contribution in [0.5, 0.6) is 5.88 Å². The molecule has 2 aromatic carbocycles. The van der Waals surface area contributed by atoms with E-state index in [1.807, 2.05) is 43.4 Å². The van der Waals surface area contributed by atoms with Crippen molar-refractivity contribution in [3.8, 4) is 5.88 Å². The predicted molar refractivity (Wildman–Crippen MR) is 146 cm³/mol. The number of nitrogens with two attached hydrogens (primary N) is 2. The number of aromatic nitrogens is 3. The molecule has 0 atom stereocenters. The highest BCUT2D eigenvalue weighted by atomic mass is 35.5. The summed E-state index contributed by atoms with van der Waals surface area (Å²) in [5, 5.41) is 4.05. The highest BCUT2D eigenvalue weighted by Crippen LogP contribution is 2.23. The smallest absolute Gasteiger partial charge is 0.213 e. The Bertz CT molecular complexity index is 1460. The number of hydrogen-bond acceptors (Lipinski definition) is 7. The van der Waals surface area contributed by atoms with E-state index in [1.165, 1.54) is 6.07 Å². The number of hydrazine groups is 1. The molecule has 1 fully saturated rings. The van der Waals surface area contributed by atoms with Gasteiger partial charge in [-0.3, -0.25) is 4.90 Å². The normalized spacial score (nSPS) is 15.2. The number of fused-ring (bicyclic) bond motifs is 1. The van der Waals surface area contributed by atoms with Crippen molar-refractivity contribution < 1.29 is 9.13 Å². The molecule has 0 radical (unpaired) electrons. The number of likely N-dealkylation sites (tertiary alicyclic amines) is 1. The van der Waals surface area contributed by atoms with E-state index in [0.717, 1.165) is 60.6 Å². The van der Waals surface area contributed by atoms with E-state index in [9.17, 15) is 4.39 Å². The van der Waals surface area contributed by atoms with Crippen LogP contribution in [0.25, 0.3) is 11.0 Å². The van der Waals surface area contributed by atoms with Gasteiger partial charge in [-0.25, -0.2) is 20.2 Å². The predicted octanol–water partition coefficient (Wildman–Crippen LogP) is 3.48. The van der Waals surface area contributed by atoms with Crippen LogP contribution < -0.4 is 21.8 Å². The van der Waals surface area contributed by atoms with Crippen molar-refractivity contribution in [1.29, 1.82) is 0 Å². The molecule has 2 aromatic heterocycles. The molecule has 9 nitrogen and oxygen atoms in total. The number of hydrogen-bond donors (Lipinski definition) is 3. The van der Waals surface area contributed by atoms with Gasteiger partial charge in [0.15, 0.2) is 5.84 Å². The summed E-state index contributed by atoms with van der Waals surface area (Å²) < 4.78 is 22.5. The molecule has 11 heteroatoms. The summed E-state index contributed by atoms with van der Waals surface area (Å²) >= 11 is 5.86. The molecule has 3 heterocycles. The van der Waals surface area contributed by atoms with Crippen LogP contribution in [0, 0.1) is 5.82 Å². The van der Waals surface area contributed by atoms with Gasteiger partial charge in [-0.1, -0.05) is 23.7 Å². The Labute approximate surface area is 225 Å². The van der Waals surface area contributed by atoms with Gasteiger partial charge in [0.1, 0.15) is 17.7 Å². The molecule has 0 aliphatic carbocycles. The molecular weight excluding hydrogens is 507 g/mol. The molecule has 4 aromatic rings. The fourth-order valence-corrected chi connectivity index (χ4v) is 4.93. The molecule has 1 aliphatic rings. The number of nitrogens with zero attached hydrogens (tertiary/aromatic N) is 5. The summed E-state index contributed by atoms with van der Waals surface area (Å²) in [5.41, 5.74) is 6.47. The SMILES string of the molecule is Cn1c(CN2CCC(Oc3cccc(Cc4ccc(Cl)cc4F)n3)CC2)nc2cc(/C(=N/N)NN)ccc21. The maximum atomic E-state index is 14.2. The maximum Gasteiger partial charge on any atom is 0.213 e. The van der Waals surface area contributed by atoms with Gasteiger partial charge in [0.25, 0.3) is 0 Å². The summed E-state index contributed by atoms with van der Waals surface area (Å²) in [5.74, 6) is 12.5. The van der Waals surface area contributed by atoms with Crippen molar-refractivity contribution in [3.63, 3.8) is 0 Å². The zero-order valence-electron chi connectivity index (χ0n) is 21.1. The zero-order chi connectivity index (χ0) is 26.6. The van der Waals surface area contributed by atoms with Gasteiger partial charge in [0.2, 0.25) is 5.88 Å². The Morgan fingerprint density at radius 1 is 1.16 bits per heavy atom. The Balaban J connectivity index is 1.18. The molecule has 198 valence electrons. The van der Waals surface area contributed by atoms with E-state index in [1.54, 1.807) is 12.1 Å². The third kappa shape index (κ3) is 5.72. The highest BCUT2D eigenvalue weighted by molar-refractivity contribution is 6.30. The second kappa shape index (κ2) is 11.3. The van der Waals surface area contributed by atoms with E-state index in [0.29, 0.717) is 28.7 Å². The number of nitrogens with one attached hydrogen (secondary N) is 1. The van der Waals surface area contributed by atoms with Gasteiger partial charge in [0, 0.05) is 48.9 Å². The molecule has 5 rings (SSSR count). The van der Waals surface area contributed by atoms with Gasteiger partial charge in [-0.15, -0.1) is 0 Å². The first-order chi connectivity index (χ1) is 18.4. The minimum atomic E-state index is -0.333. The molecule has 0 unspecified atom stereocenters. The molecule has 1 aliphatic heterocycles. The first kappa shape index (κ1) is 25.9. The first-order valence-corrected chi connectivity index (χ1v) is 12.8. The maximum absolute atomic E-state index is 14.2. The zero-order valence-corrected chi connectivity index (χ0v) is 21.8. The van der Waals surface area contributed by atoms with E-state index in [2.05, 4.69) is 25.0 Å². The van der Waals surface area contributed by atoms with Crippen LogP contribution in [0.4, 0.5) is 4.39 Å². The van der Waals surface area contributed by atoms with Crippen molar-refractivity contribution in [1.82, 2.24) is 24.9 Å². The molecule has 0 amide bonds. The average Bonchev–Trinajstić information content (AvgIpc) is 3.22. The second-order valence-electron chi connectivity index (χ2n) is 9.39. The lowest BCUT2D eigenvalue weighted by molar-refractivity contribution is 0.0913. The van der Waals surface area contributed by atoms with E-state index < -0.39 is 0 Å². The number of amidine groups is 1. The van der Waals surface area contributed by atoms with Gasteiger partial charge in [-0.2, -0.15) is 5.10 Å². The molecule has 1 saturated heterocycles. The number of benzene rings is 2. The molecule has 0 spiro atoms. The fraction of sp³-hybridized carbons (Fsp3) is 0.296. The van der Waals surface area contributed by atoms with E-state index in [-0.39, 0.29) is 11.9 Å². The lowest BCUT2D eigenvalue weighted by Crippen LogP contribution is -2.38. The van der Waals surface area contributed by atoms with Crippen LogP contribution in [0.3, 0.4) is 0 Å². The number of imidazole rings is 1. The van der Waals surface area contributed by atoms with Crippen molar-refractivity contribution in [2.75, 3.05) is 13.1 Å². The van der Waals surface area contributed by atoms with Crippen LogP contribution in [-0.4, -0.2) is 44.5 Å². The number of halogens is 2. The molecule has 0 bridgehead atoms. The van der Waals surface area contributed by atoms with Gasteiger partial charge >= 0.3 is 0 Å². The standard InChI is InChI=1S/C27H30ClFN8O/c1-36-24-8-6-18(27(34-30)35-31)14-23(24)33-25(36)16-37-11-9-21(10-12-37)38-26-4-2-3-20(32-26)13-17-5-7-19(28)15-22(17)29/h2-8,14-15,21H,9-13,16,30-31H2,1H3,(H,34,35). The topological polar surface area (TPSA) is 120 Å². The second-order valence-corrected chi connectivity index (χ2v) is 9.82. The van der Waals surface area contributed by atoms with Crippen molar-refractivity contribution in [3.05, 3.63) is 88.1 Å². The number of rotatable bonds is 7. The van der Waals surface area contributed by atoms with Crippen LogP contribution in [0.2, 0.25) is 5.02 Å². The third-order valence-electron chi connectivity index (χ3n) is 6.87. The van der Waals surface area contributed by atoms with Crippen LogP contribution in [0.1, 0.15) is 35.5 Å².